The molecule has 0 spiro atoms. The molecule has 1 aliphatic rings. The summed E-state index contributed by atoms with van der Waals surface area (Å²) in [6.45, 7) is 3.67. The van der Waals surface area contributed by atoms with Crippen LogP contribution in [0, 0.1) is 0 Å². The molecule has 1 unspecified atom stereocenters. The average Bonchev–Trinajstić information content (AvgIpc) is 3.10. The zero-order valence-electron chi connectivity index (χ0n) is 18.6. The number of fused-ring (bicyclic) bond motifs is 1. The average molecular weight is 520 g/mol. The van der Waals surface area contributed by atoms with Crippen LogP contribution in [0.25, 0.3) is 0 Å². The summed E-state index contributed by atoms with van der Waals surface area (Å²) < 4.78 is 0.898. The van der Waals surface area contributed by atoms with E-state index in [0.717, 1.165) is 4.47 Å². The number of carbonyl (C=O) groups is 4. The molecule has 3 aromatic rings. The largest absolute Gasteiger partial charge is 0.325 e. The van der Waals surface area contributed by atoms with E-state index in [9.17, 15) is 19.2 Å². The van der Waals surface area contributed by atoms with Crippen LogP contribution in [0.2, 0.25) is 0 Å². The van der Waals surface area contributed by atoms with Crippen LogP contribution in [0.5, 0.6) is 0 Å². The van der Waals surface area contributed by atoms with Gasteiger partial charge in [-0.1, -0.05) is 22.0 Å². The van der Waals surface area contributed by atoms with E-state index < -0.39 is 11.8 Å². The number of Topliss-reactive ketones (excluding diaryl/α,β-unsaturated/α-hetero) is 1. The molecule has 0 fully saturated rings. The number of nitrogens with zero attached hydrogens (tertiary/aromatic N) is 1. The van der Waals surface area contributed by atoms with Crippen LogP contribution in [0.15, 0.2) is 71.2 Å². The van der Waals surface area contributed by atoms with Gasteiger partial charge in [0.05, 0.1) is 0 Å². The Morgan fingerprint density at radius 3 is 2.32 bits per heavy atom. The van der Waals surface area contributed by atoms with Crippen LogP contribution >= 0.6 is 15.9 Å². The number of hydrogen-bond acceptors (Lipinski definition) is 4. The second-order valence-corrected chi connectivity index (χ2v) is 8.79. The summed E-state index contributed by atoms with van der Waals surface area (Å²) >= 11 is 3.35. The van der Waals surface area contributed by atoms with Crippen LogP contribution in [0.4, 0.5) is 17.1 Å². The van der Waals surface area contributed by atoms with Crippen LogP contribution in [-0.2, 0) is 9.59 Å². The number of nitrogens with one attached hydrogen (secondary N) is 2. The first-order valence-electron chi connectivity index (χ1n) is 10.7. The minimum absolute atomic E-state index is 0.145. The number of anilines is 3. The molecular weight excluding hydrogens is 498 g/mol. The molecule has 8 heteroatoms. The number of amides is 3. The van der Waals surface area contributed by atoms with Crippen molar-refractivity contribution in [2.24, 2.45) is 0 Å². The molecule has 0 saturated carbocycles. The number of benzene rings is 3. The number of rotatable bonds is 6. The van der Waals surface area contributed by atoms with Crippen molar-refractivity contribution in [1.82, 2.24) is 0 Å². The van der Waals surface area contributed by atoms with Gasteiger partial charge in [-0.2, -0.15) is 0 Å². The lowest BCUT2D eigenvalue weighted by atomic mass is 9.96. The molecule has 172 valence electrons. The summed E-state index contributed by atoms with van der Waals surface area (Å²) in [4.78, 5) is 52.3. The molecule has 7 nitrogen and oxygen atoms in total. The lowest BCUT2D eigenvalue weighted by molar-refractivity contribution is -0.126. The van der Waals surface area contributed by atoms with E-state index in [2.05, 4.69) is 26.6 Å². The molecule has 0 aliphatic carbocycles. The third kappa shape index (κ3) is 4.63. The third-order valence-electron chi connectivity index (χ3n) is 5.62. The maximum absolute atomic E-state index is 13.2. The second-order valence-electron chi connectivity index (χ2n) is 7.88. The van der Waals surface area contributed by atoms with Crippen molar-refractivity contribution in [2.45, 2.75) is 19.8 Å². The summed E-state index contributed by atoms with van der Waals surface area (Å²) in [6, 6.07) is 18.6. The van der Waals surface area contributed by atoms with Crippen LogP contribution in [-0.4, -0.2) is 30.0 Å². The molecule has 3 amide bonds. The van der Waals surface area contributed by atoms with Crippen LogP contribution in [0.1, 0.15) is 46.0 Å². The molecule has 34 heavy (non-hydrogen) atoms. The quantitative estimate of drug-likeness (QED) is 0.354. The molecule has 2 N–H and O–H groups in total. The maximum atomic E-state index is 13.2. The van der Waals surface area contributed by atoms with Gasteiger partial charge < -0.3 is 15.5 Å². The van der Waals surface area contributed by atoms with Crippen molar-refractivity contribution in [1.29, 1.82) is 0 Å². The Morgan fingerprint density at radius 2 is 1.65 bits per heavy atom. The SMILES string of the molecule is CCN1C(=O)C(C(=O)Nc2cccc(C(=O)Nc3ccc(Br)cc3)c2)c2cc(C(C)=O)ccc21. The van der Waals surface area contributed by atoms with Crippen molar-refractivity contribution >= 4 is 56.5 Å². The number of likely N-dealkylation sites (N-methyl/N-ethyl adjacent to an activating group) is 1. The number of hydrogen-bond donors (Lipinski definition) is 2. The van der Waals surface area contributed by atoms with E-state index in [1.54, 1.807) is 54.6 Å². The van der Waals surface area contributed by atoms with Gasteiger partial charge in [0.15, 0.2) is 5.78 Å². The zero-order valence-corrected chi connectivity index (χ0v) is 20.2. The van der Waals surface area contributed by atoms with E-state index in [-0.39, 0.29) is 17.6 Å². The molecule has 4 rings (SSSR count). The highest BCUT2D eigenvalue weighted by Crippen LogP contribution is 2.38. The lowest BCUT2D eigenvalue weighted by Gasteiger charge is -2.15. The Hall–Kier alpha value is -3.78. The molecule has 1 aliphatic heterocycles. The fraction of sp³-hybridized carbons (Fsp3) is 0.154. The molecule has 1 atom stereocenters. The van der Waals surface area contributed by atoms with Crippen molar-refractivity contribution in [3.8, 4) is 0 Å². The highest BCUT2D eigenvalue weighted by atomic mass is 79.9. The van der Waals surface area contributed by atoms with Gasteiger partial charge in [-0.05, 0) is 80.1 Å². The van der Waals surface area contributed by atoms with Gasteiger partial charge in [-0.3, -0.25) is 19.2 Å². The Balaban J connectivity index is 1.56. The number of carbonyl (C=O) groups excluding carboxylic acids is 4. The molecule has 0 aromatic heterocycles. The number of ketones is 1. The Bertz CT molecular complexity index is 1300. The predicted molar refractivity (Wildman–Crippen MR) is 134 cm³/mol. The van der Waals surface area contributed by atoms with Gasteiger partial charge in [0.1, 0.15) is 5.92 Å². The smallest absolute Gasteiger partial charge is 0.255 e. The molecule has 1 heterocycles. The first-order valence-corrected chi connectivity index (χ1v) is 11.5. The standard InChI is InChI=1S/C26H22BrN3O4/c1-3-30-22-12-7-16(15(2)31)14-21(22)23(26(30)34)25(33)29-20-6-4-5-17(13-20)24(32)28-19-10-8-18(27)9-11-19/h4-14,23H,3H2,1-2H3,(H,28,32)(H,29,33). The Morgan fingerprint density at radius 1 is 0.912 bits per heavy atom. The van der Waals surface area contributed by atoms with E-state index in [1.165, 1.54) is 11.8 Å². The van der Waals surface area contributed by atoms with Crippen molar-refractivity contribution in [3.63, 3.8) is 0 Å². The first kappa shape index (κ1) is 23.4. The van der Waals surface area contributed by atoms with Gasteiger partial charge in [0.25, 0.3) is 5.91 Å². The van der Waals surface area contributed by atoms with Gasteiger partial charge in [0, 0.05) is 39.2 Å². The van der Waals surface area contributed by atoms with Gasteiger partial charge >= 0.3 is 0 Å². The molecule has 3 aromatic carbocycles. The molecule has 0 saturated heterocycles. The summed E-state index contributed by atoms with van der Waals surface area (Å²) in [5.74, 6) is -2.42. The van der Waals surface area contributed by atoms with Crippen molar-refractivity contribution in [3.05, 3.63) is 87.9 Å². The second kappa shape index (κ2) is 9.61. The monoisotopic (exact) mass is 519 g/mol. The summed E-state index contributed by atoms with van der Waals surface area (Å²) in [5, 5.41) is 5.56. The van der Waals surface area contributed by atoms with Crippen LogP contribution in [0.3, 0.4) is 0 Å². The van der Waals surface area contributed by atoms with E-state index in [0.29, 0.717) is 40.3 Å². The molecule has 0 bridgehead atoms. The van der Waals surface area contributed by atoms with Gasteiger partial charge in [-0.15, -0.1) is 0 Å². The minimum atomic E-state index is -1.07. The van der Waals surface area contributed by atoms with Crippen molar-refractivity contribution < 1.29 is 19.2 Å². The third-order valence-corrected chi connectivity index (χ3v) is 6.15. The predicted octanol–water partition coefficient (Wildman–Crippen LogP) is 4.99. The Labute approximate surface area is 205 Å². The first-order chi connectivity index (χ1) is 16.3. The Kier molecular flexibility index (Phi) is 6.61. The van der Waals surface area contributed by atoms with E-state index in [4.69, 9.17) is 0 Å². The fourth-order valence-corrected chi connectivity index (χ4v) is 4.19. The maximum Gasteiger partial charge on any atom is 0.255 e. The zero-order chi connectivity index (χ0) is 24.4. The fourth-order valence-electron chi connectivity index (χ4n) is 3.93. The summed E-state index contributed by atoms with van der Waals surface area (Å²) in [7, 11) is 0. The highest BCUT2D eigenvalue weighted by Gasteiger charge is 2.41. The highest BCUT2D eigenvalue weighted by molar-refractivity contribution is 9.10. The van der Waals surface area contributed by atoms with Crippen molar-refractivity contribution in [2.75, 3.05) is 22.1 Å². The molecule has 0 radical (unpaired) electrons. The van der Waals surface area contributed by atoms with Crippen LogP contribution < -0.4 is 15.5 Å². The summed E-state index contributed by atoms with van der Waals surface area (Å²) in [6.07, 6.45) is 0. The number of halogens is 1. The van der Waals surface area contributed by atoms with E-state index in [1.807, 2.05) is 19.1 Å². The topological polar surface area (TPSA) is 95.6 Å². The molecular formula is C26H22BrN3O4. The normalized spacial score (nSPS) is 14.5. The lowest BCUT2D eigenvalue weighted by Crippen LogP contribution is -2.33. The van der Waals surface area contributed by atoms with Gasteiger partial charge in [0.2, 0.25) is 11.8 Å². The minimum Gasteiger partial charge on any atom is -0.325 e. The summed E-state index contributed by atoms with van der Waals surface area (Å²) in [5.41, 5.74) is 2.94. The van der Waals surface area contributed by atoms with E-state index >= 15 is 0 Å². The van der Waals surface area contributed by atoms with Gasteiger partial charge in [-0.25, -0.2) is 0 Å².